The van der Waals surface area contributed by atoms with Crippen LogP contribution in [0.3, 0.4) is 0 Å². The van der Waals surface area contributed by atoms with Crippen LogP contribution in [-0.2, 0) is 4.74 Å². The van der Waals surface area contributed by atoms with E-state index in [1.165, 1.54) is 7.11 Å². The number of benzene rings is 2. The van der Waals surface area contributed by atoms with Gasteiger partial charge in [-0.3, -0.25) is 9.69 Å². The number of morpholine rings is 1. The Morgan fingerprint density at radius 2 is 1.86 bits per heavy atom. The smallest absolute Gasteiger partial charge is 0.255 e. The van der Waals surface area contributed by atoms with Crippen LogP contribution in [0.5, 0.6) is 11.5 Å². The van der Waals surface area contributed by atoms with Gasteiger partial charge < -0.3 is 19.5 Å². The van der Waals surface area contributed by atoms with Crippen molar-refractivity contribution in [1.29, 1.82) is 0 Å². The van der Waals surface area contributed by atoms with E-state index in [4.69, 9.17) is 25.8 Å². The number of carbonyl (C=O) groups is 1. The average Bonchev–Trinajstić information content (AvgIpc) is 2.75. The summed E-state index contributed by atoms with van der Waals surface area (Å²) in [4.78, 5) is 15.1. The number of nitrogens with zero attached hydrogens (tertiary/aromatic N) is 1. The van der Waals surface area contributed by atoms with Crippen LogP contribution >= 0.6 is 11.6 Å². The summed E-state index contributed by atoms with van der Waals surface area (Å²) >= 11 is 6.06. The standard InChI is InChI=1S/C21H25ClN2O4/c1-26-17-6-3-15(4-7-17)19(24-9-11-28-12-10-24)14-23-21(25)18-13-16(22)5-8-20(18)27-2/h3-8,13,19H,9-12,14H2,1-2H3,(H,23,25)/t19-/m0/s1. The van der Waals surface area contributed by atoms with Crippen LogP contribution in [-0.4, -0.2) is 57.9 Å². The predicted octanol–water partition coefficient (Wildman–Crippen LogP) is 3.16. The van der Waals surface area contributed by atoms with E-state index >= 15 is 0 Å². The molecule has 7 heteroatoms. The van der Waals surface area contributed by atoms with Gasteiger partial charge in [0.05, 0.1) is 39.0 Å². The molecule has 0 aliphatic carbocycles. The van der Waals surface area contributed by atoms with Gasteiger partial charge in [0.2, 0.25) is 0 Å². The quantitative estimate of drug-likeness (QED) is 0.768. The van der Waals surface area contributed by atoms with Crippen molar-refractivity contribution in [3.05, 3.63) is 58.6 Å². The lowest BCUT2D eigenvalue weighted by molar-refractivity contribution is 0.0162. The van der Waals surface area contributed by atoms with E-state index in [9.17, 15) is 4.79 Å². The van der Waals surface area contributed by atoms with Gasteiger partial charge >= 0.3 is 0 Å². The molecule has 1 aliphatic heterocycles. The zero-order valence-electron chi connectivity index (χ0n) is 16.1. The van der Waals surface area contributed by atoms with Gasteiger partial charge in [-0.15, -0.1) is 0 Å². The second kappa shape index (κ2) is 9.78. The van der Waals surface area contributed by atoms with Crippen LogP contribution in [0.2, 0.25) is 5.02 Å². The van der Waals surface area contributed by atoms with E-state index in [-0.39, 0.29) is 11.9 Å². The SMILES string of the molecule is COc1ccc([C@H](CNC(=O)c2cc(Cl)ccc2OC)N2CCOCC2)cc1. The van der Waals surface area contributed by atoms with Crippen molar-refractivity contribution >= 4 is 17.5 Å². The van der Waals surface area contributed by atoms with Gasteiger partial charge in [-0.25, -0.2) is 0 Å². The first kappa shape index (κ1) is 20.5. The Morgan fingerprint density at radius 1 is 1.14 bits per heavy atom. The molecule has 1 atom stereocenters. The first-order valence-corrected chi connectivity index (χ1v) is 9.57. The molecular formula is C21H25ClN2O4. The molecule has 0 saturated carbocycles. The summed E-state index contributed by atoms with van der Waals surface area (Å²) in [5, 5.41) is 3.53. The Hall–Kier alpha value is -2.28. The number of amides is 1. The number of carbonyl (C=O) groups excluding carboxylic acids is 1. The maximum absolute atomic E-state index is 12.8. The fourth-order valence-electron chi connectivity index (χ4n) is 3.32. The van der Waals surface area contributed by atoms with Crippen LogP contribution < -0.4 is 14.8 Å². The molecule has 1 fully saturated rings. The number of rotatable bonds is 7. The van der Waals surface area contributed by atoms with E-state index in [1.807, 2.05) is 24.3 Å². The molecule has 0 bridgehead atoms. The number of ether oxygens (including phenoxy) is 3. The van der Waals surface area contributed by atoms with Gasteiger partial charge in [0.25, 0.3) is 5.91 Å². The molecule has 1 aliphatic rings. The van der Waals surface area contributed by atoms with Gasteiger partial charge in [-0.05, 0) is 35.9 Å². The molecular weight excluding hydrogens is 380 g/mol. The van der Waals surface area contributed by atoms with Crippen molar-refractivity contribution in [3.8, 4) is 11.5 Å². The normalized spacial score (nSPS) is 15.7. The highest BCUT2D eigenvalue weighted by Crippen LogP contribution is 2.25. The molecule has 1 saturated heterocycles. The van der Waals surface area contributed by atoms with Crippen molar-refractivity contribution in [2.24, 2.45) is 0 Å². The highest BCUT2D eigenvalue weighted by molar-refractivity contribution is 6.31. The minimum atomic E-state index is -0.217. The van der Waals surface area contributed by atoms with Gasteiger partial charge in [0.15, 0.2) is 0 Å². The van der Waals surface area contributed by atoms with Crippen molar-refractivity contribution in [2.75, 3.05) is 47.1 Å². The topological polar surface area (TPSA) is 60.0 Å². The molecule has 1 heterocycles. The summed E-state index contributed by atoms with van der Waals surface area (Å²) in [5.41, 5.74) is 1.53. The van der Waals surface area contributed by atoms with Gasteiger partial charge in [0.1, 0.15) is 11.5 Å². The van der Waals surface area contributed by atoms with Crippen LogP contribution in [0.15, 0.2) is 42.5 Å². The Labute approximate surface area is 170 Å². The number of hydrogen-bond donors (Lipinski definition) is 1. The number of nitrogens with one attached hydrogen (secondary N) is 1. The van der Waals surface area contributed by atoms with Crippen molar-refractivity contribution in [3.63, 3.8) is 0 Å². The van der Waals surface area contributed by atoms with E-state index in [0.717, 1.165) is 24.4 Å². The lowest BCUT2D eigenvalue weighted by atomic mass is 10.0. The number of hydrogen-bond acceptors (Lipinski definition) is 5. The highest BCUT2D eigenvalue weighted by atomic mass is 35.5. The molecule has 0 aromatic heterocycles. The highest BCUT2D eigenvalue weighted by Gasteiger charge is 2.24. The first-order valence-electron chi connectivity index (χ1n) is 9.20. The van der Waals surface area contributed by atoms with E-state index in [1.54, 1.807) is 25.3 Å². The fraction of sp³-hybridized carbons (Fsp3) is 0.381. The Bertz CT molecular complexity index is 791. The average molecular weight is 405 g/mol. The molecule has 0 unspecified atom stereocenters. The van der Waals surface area contributed by atoms with Crippen LogP contribution in [0.4, 0.5) is 0 Å². The third-order valence-electron chi connectivity index (χ3n) is 4.85. The minimum Gasteiger partial charge on any atom is -0.497 e. The molecule has 2 aromatic carbocycles. The van der Waals surface area contributed by atoms with E-state index < -0.39 is 0 Å². The second-order valence-corrected chi connectivity index (χ2v) is 6.93. The summed E-state index contributed by atoms with van der Waals surface area (Å²) < 4.78 is 16.0. The second-order valence-electron chi connectivity index (χ2n) is 6.49. The molecule has 1 amide bonds. The van der Waals surface area contributed by atoms with Gasteiger partial charge in [0, 0.05) is 24.7 Å². The summed E-state index contributed by atoms with van der Waals surface area (Å²) in [5.74, 6) is 1.08. The summed E-state index contributed by atoms with van der Waals surface area (Å²) in [6, 6.07) is 13.0. The lowest BCUT2D eigenvalue weighted by Crippen LogP contribution is -2.43. The van der Waals surface area contributed by atoms with Crippen LogP contribution in [0, 0.1) is 0 Å². The molecule has 1 N–H and O–H groups in total. The van der Waals surface area contributed by atoms with Crippen LogP contribution in [0.1, 0.15) is 22.0 Å². The largest absolute Gasteiger partial charge is 0.497 e. The molecule has 2 aromatic rings. The van der Waals surface area contributed by atoms with Gasteiger partial charge in [-0.2, -0.15) is 0 Å². The van der Waals surface area contributed by atoms with Crippen molar-refractivity contribution < 1.29 is 19.0 Å². The summed E-state index contributed by atoms with van der Waals surface area (Å²) in [6.07, 6.45) is 0. The van der Waals surface area contributed by atoms with Gasteiger partial charge in [-0.1, -0.05) is 23.7 Å². The Morgan fingerprint density at radius 3 is 2.50 bits per heavy atom. The Kier molecular flexibility index (Phi) is 7.14. The Balaban J connectivity index is 1.77. The molecule has 6 nitrogen and oxygen atoms in total. The molecule has 0 radical (unpaired) electrons. The zero-order valence-corrected chi connectivity index (χ0v) is 16.9. The fourth-order valence-corrected chi connectivity index (χ4v) is 3.49. The van der Waals surface area contributed by atoms with E-state index in [0.29, 0.717) is 36.1 Å². The maximum Gasteiger partial charge on any atom is 0.255 e. The van der Waals surface area contributed by atoms with Crippen molar-refractivity contribution in [2.45, 2.75) is 6.04 Å². The molecule has 0 spiro atoms. The maximum atomic E-state index is 12.8. The molecule has 3 rings (SSSR count). The third-order valence-corrected chi connectivity index (χ3v) is 5.08. The molecule has 150 valence electrons. The zero-order chi connectivity index (χ0) is 19.9. The summed E-state index contributed by atoms with van der Waals surface area (Å²) in [7, 11) is 3.18. The molecule has 28 heavy (non-hydrogen) atoms. The predicted molar refractivity (Wildman–Crippen MR) is 108 cm³/mol. The van der Waals surface area contributed by atoms with Crippen LogP contribution in [0.25, 0.3) is 0 Å². The lowest BCUT2D eigenvalue weighted by Gasteiger charge is -2.35. The van der Waals surface area contributed by atoms with E-state index in [2.05, 4.69) is 10.2 Å². The third kappa shape index (κ3) is 4.95. The monoisotopic (exact) mass is 404 g/mol. The first-order chi connectivity index (χ1) is 13.6. The van der Waals surface area contributed by atoms with Crippen molar-refractivity contribution in [1.82, 2.24) is 10.2 Å². The number of halogens is 1. The summed E-state index contributed by atoms with van der Waals surface area (Å²) in [6.45, 7) is 3.45. The number of methoxy groups -OCH3 is 2. The minimum absolute atomic E-state index is 0.0314.